The Labute approximate surface area is 152 Å². The number of aryl methyl sites for hydroxylation is 1. The van der Waals surface area contributed by atoms with Gasteiger partial charge in [-0.05, 0) is 56.2 Å². The highest BCUT2D eigenvalue weighted by Gasteiger charge is 2.33. The second kappa shape index (κ2) is 7.39. The summed E-state index contributed by atoms with van der Waals surface area (Å²) in [6.07, 6.45) is 1.32. The zero-order valence-electron chi connectivity index (χ0n) is 14.5. The van der Waals surface area contributed by atoms with Crippen LogP contribution in [0.5, 0.6) is 0 Å². The molecule has 1 aliphatic heterocycles. The highest BCUT2D eigenvalue weighted by molar-refractivity contribution is 6.05. The van der Waals surface area contributed by atoms with Crippen LogP contribution in [0.4, 0.5) is 5.69 Å². The minimum atomic E-state index is -0.576. The number of rotatable bonds is 4. The highest BCUT2D eigenvalue weighted by atomic mass is 16.2. The lowest BCUT2D eigenvalue weighted by Crippen LogP contribution is -2.43. The number of carbonyl (C=O) groups excluding carboxylic acids is 3. The standard InChI is InChI=1S/C20H20N3O3/c1-13-7-9-14(10-8-13)19(25)22-16-5-2-4-15(12-16)20(26)23-11-3-6-17(23)18(21)24/h4-5,7-10,12,17H,3,6,11H2,1H3,(H2,21,24)(H,22,25). The number of hydrogen-bond acceptors (Lipinski definition) is 3. The van der Waals surface area contributed by atoms with E-state index in [1.165, 1.54) is 4.90 Å². The van der Waals surface area contributed by atoms with Gasteiger partial charge in [0.1, 0.15) is 6.04 Å². The van der Waals surface area contributed by atoms with Gasteiger partial charge in [0.25, 0.3) is 11.8 Å². The summed E-state index contributed by atoms with van der Waals surface area (Å²) < 4.78 is 0. The molecule has 1 saturated heterocycles. The molecular weight excluding hydrogens is 330 g/mol. The van der Waals surface area contributed by atoms with Crippen LogP contribution in [0, 0.1) is 13.0 Å². The molecule has 0 aliphatic carbocycles. The van der Waals surface area contributed by atoms with Crippen molar-refractivity contribution in [3.63, 3.8) is 0 Å². The third-order valence-corrected chi connectivity index (χ3v) is 4.45. The summed E-state index contributed by atoms with van der Waals surface area (Å²) >= 11 is 0. The van der Waals surface area contributed by atoms with E-state index < -0.39 is 11.9 Å². The van der Waals surface area contributed by atoms with E-state index in [-0.39, 0.29) is 11.8 Å². The molecule has 1 heterocycles. The van der Waals surface area contributed by atoms with E-state index in [2.05, 4.69) is 11.4 Å². The molecule has 0 bridgehead atoms. The van der Waals surface area contributed by atoms with Crippen LogP contribution in [0.25, 0.3) is 0 Å². The third kappa shape index (κ3) is 3.74. The summed E-state index contributed by atoms with van der Waals surface area (Å²) in [5.41, 5.74) is 7.80. The van der Waals surface area contributed by atoms with E-state index in [9.17, 15) is 14.4 Å². The molecule has 1 unspecified atom stereocenters. The Hall–Kier alpha value is -3.15. The molecule has 1 atom stereocenters. The van der Waals surface area contributed by atoms with E-state index >= 15 is 0 Å². The molecule has 133 valence electrons. The Morgan fingerprint density at radius 2 is 1.88 bits per heavy atom. The molecular formula is C20H20N3O3. The van der Waals surface area contributed by atoms with Gasteiger partial charge in [-0.1, -0.05) is 17.7 Å². The molecule has 0 spiro atoms. The molecule has 0 aromatic heterocycles. The van der Waals surface area contributed by atoms with Crippen molar-refractivity contribution in [2.24, 2.45) is 5.73 Å². The number of nitrogens with one attached hydrogen (secondary N) is 1. The first-order valence-electron chi connectivity index (χ1n) is 8.45. The molecule has 1 radical (unpaired) electrons. The first-order chi connectivity index (χ1) is 12.5. The summed E-state index contributed by atoms with van der Waals surface area (Å²) in [5, 5.41) is 2.76. The van der Waals surface area contributed by atoms with E-state index in [0.29, 0.717) is 29.8 Å². The van der Waals surface area contributed by atoms with Crippen LogP contribution in [-0.2, 0) is 4.79 Å². The second-order valence-corrected chi connectivity index (χ2v) is 6.39. The molecule has 3 N–H and O–H groups in total. The van der Waals surface area contributed by atoms with Gasteiger partial charge in [-0.15, -0.1) is 0 Å². The lowest BCUT2D eigenvalue weighted by Gasteiger charge is -2.22. The molecule has 6 heteroatoms. The average Bonchev–Trinajstić information content (AvgIpc) is 3.12. The fraction of sp³-hybridized carbons (Fsp3) is 0.250. The molecule has 2 aromatic carbocycles. The summed E-state index contributed by atoms with van der Waals surface area (Å²) in [5.74, 6) is -1.04. The van der Waals surface area contributed by atoms with Crippen molar-refractivity contribution in [2.75, 3.05) is 11.9 Å². The molecule has 2 aromatic rings. The zero-order chi connectivity index (χ0) is 18.7. The van der Waals surface area contributed by atoms with E-state index in [0.717, 1.165) is 12.0 Å². The van der Waals surface area contributed by atoms with Crippen molar-refractivity contribution in [1.82, 2.24) is 4.90 Å². The van der Waals surface area contributed by atoms with Gasteiger partial charge >= 0.3 is 0 Å². The Bertz CT molecular complexity index is 846. The molecule has 0 saturated carbocycles. The van der Waals surface area contributed by atoms with E-state index in [4.69, 9.17) is 5.73 Å². The number of nitrogens with two attached hydrogens (primary N) is 1. The van der Waals surface area contributed by atoms with Gasteiger partial charge in [0.15, 0.2) is 0 Å². The van der Waals surface area contributed by atoms with Gasteiger partial charge in [0.2, 0.25) is 5.91 Å². The summed E-state index contributed by atoms with van der Waals surface area (Å²) in [6, 6.07) is 14.2. The van der Waals surface area contributed by atoms with Crippen molar-refractivity contribution in [2.45, 2.75) is 25.8 Å². The molecule has 3 amide bonds. The number of benzene rings is 2. The Morgan fingerprint density at radius 3 is 2.58 bits per heavy atom. The minimum absolute atomic E-state index is 0.265. The Balaban J connectivity index is 1.75. The number of hydrogen-bond donors (Lipinski definition) is 2. The second-order valence-electron chi connectivity index (χ2n) is 6.39. The molecule has 1 fully saturated rings. The predicted molar refractivity (Wildman–Crippen MR) is 97.7 cm³/mol. The molecule has 3 rings (SSSR count). The number of primary amides is 1. The summed E-state index contributed by atoms with van der Waals surface area (Å²) in [4.78, 5) is 38.0. The van der Waals surface area contributed by atoms with Crippen molar-refractivity contribution in [1.29, 1.82) is 0 Å². The normalized spacial score (nSPS) is 16.3. The van der Waals surface area contributed by atoms with Crippen LogP contribution in [-0.4, -0.2) is 35.2 Å². The van der Waals surface area contributed by atoms with Crippen molar-refractivity contribution in [3.8, 4) is 0 Å². The smallest absolute Gasteiger partial charge is 0.255 e. The van der Waals surface area contributed by atoms with Gasteiger partial charge in [-0.3, -0.25) is 14.4 Å². The van der Waals surface area contributed by atoms with Crippen molar-refractivity contribution in [3.05, 3.63) is 65.2 Å². The van der Waals surface area contributed by atoms with Crippen LogP contribution < -0.4 is 11.1 Å². The fourth-order valence-corrected chi connectivity index (χ4v) is 3.05. The van der Waals surface area contributed by atoms with Crippen LogP contribution in [0.2, 0.25) is 0 Å². The van der Waals surface area contributed by atoms with Gasteiger partial charge in [-0.2, -0.15) is 0 Å². The maximum absolute atomic E-state index is 12.7. The first-order valence-corrected chi connectivity index (χ1v) is 8.45. The van der Waals surface area contributed by atoms with Gasteiger partial charge in [-0.25, -0.2) is 0 Å². The third-order valence-electron chi connectivity index (χ3n) is 4.45. The SMILES string of the molecule is Cc1ccc(C(=O)Nc2c[c]cc(C(=O)N3CCCC3C(N)=O)c2)cc1. The van der Waals surface area contributed by atoms with Crippen LogP contribution in [0.15, 0.2) is 42.5 Å². The first kappa shape index (κ1) is 17.7. The zero-order valence-corrected chi connectivity index (χ0v) is 14.5. The quantitative estimate of drug-likeness (QED) is 0.885. The number of nitrogens with zero attached hydrogens (tertiary/aromatic N) is 1. The Kier molecular flexibility index (Phi) is 5.02. The fourth-order valence-electron chi connectivity index (χ4n) is 3.05. The average molecular weight is 350 g/mol. The molecule has 26 heavy (non-hydrogen) atoms. The van der Waals surface area contributed by atoms with Crippen LogP contribution in [0.1, 0.15) is 39.1 Å². The maximum atomic E-state index is 12.7. The topological polar surface area (TPSA) is 92.5 Å². The maximum Gasteiger partial charge on any atom is 0.255 e. The van der Waals surface area contributed by atoms with E-state index in [1.807, 2.05) is 19.1 Å². The van der Waals surface area contributed by atoms with E-state index in [1.54, 1.807) is 30.3 Å². The monoisotopic (exact) mass is 350 g/mol. The molecule has 1 aliphatic rings. The van der Waals surface area contributed by atoms with Gasteiger partial charge in [0.05, 0.1) is 0 Å². The van der Waals surface area contributed by atoms with Crippen molar-refractivity contribution < 1.29 is 14.4 Å². The number of carbonyl (C=O) groups is 3. The molecule has 6 nitrogen and oxygen atoms in total. The number of likely N-dealkylation sites (tertiary alicyclic amines) is 1. The predicted octanol–water partition coefficient (Wildman–Crippen LogP) is 2.14. The largest absolute Gasteiger partial charge is 0.368 e. The van der Waals surface area contributed by atoms with Crippen molar-refractivity contribution >= 4 is 23.4 Å². The van der Waals surface area contributed by atoms with Gasteiger partial charge < -0.3 is 16.0 Å². The minimum Gasteiger partial charge on any atom is -0.368 e. The Morgan fingerprint density at radius 1 is 1.15 bits per heavy atom. The lowest BCUT2D eigenvalue weighted by atomic mass is 10.1. The summed E-state index contributed by atoms with van der Waals surface area (Å²) in [7, 11) is 0. The number of anilines is 1. The summed E-state index contributed by atoms with van der Waals surface area (Å²) in [6.45, 7) is 2.44. The van der Waals surface area contributed by atoms with Crippen LogP contribution in [0.3, 0.4) is 0 Å². The van der Waals surface area contributed by atoms with Crippen LogP contribution >= 0.6 is 0 Å². The highest BCUT2D eigenvalue weighted by Crippen LogP contribution is 2.21. The lowest BCUT2D eigenvalue weighted by molar-refractivity contribution is -0.121. The van der Waals surface area contributed by atoms with Gasteiger partial charge in [0, 0.05) is 23.4 Å². The number of amides is 3.